The van der Waals surface area contributed by atoms with Gasteiger partial charge in [0.1, 0.15) is 0 Å². The monoisotopic (exact) mass is 288 g/mol. The minimum absolute atomic E-state index is 0.500. The van der Waals surface area contributed by atoms with Gasteiger partial charge in [-0.1, -0.05) is 45.9 Å². The second-order valence-corrected chi connectivity index (χ2v) is 7.66. The standard InChI is InChI=1S/C19H32N2/c1-16(2)14-20-15-17-8-5-6-9-18(17)21-12-7-10-19(3,4)11-13-21/h5-6,8-9,16,20H,7,10-15H2,1-4H3. The zero-order valence-corrected chi connectivity index (χ0v) is 14.3. The molecule has 118 valence electrons. The van der Waals surface area contributed by atoms with E-state index in [2.05, 4.69) is 62.2 Å². The molecule has 2 rings (SSSR count). The topological polar surface area (TPSA) is 15.3 Å². The van der Waals surface area contributed by atoms with Crippen molar-refractivity contribution in [3.63, 3.8) is 0 Å². The molecule has 2 nitrogen and oxygen atoms in total. The van der Waals surface area contributed by atoms with E-state index in [1.807, 2.05) is 0 Å². The lowest BCUT2D eigenvalue weighted by Crippen LogP contribution is -2.27. The van der Waals surface area contributed by atoms with Crippen LogP contribution in [0.15, 0.2) is 24.3 Å². The van der Waals surface area contributed by atoms with E-state index in [0.717, 1.165) is 13.1 Å². The van der Waals surface area contributed by atoms with Crippen LogP contribution in [0.25, 0.3) is 0 Å². The fraction of sp³-hybridized carbons (Fsp3) is 0.684. The molecule has 0 unspecified atom stereocenters. The maximum atomic E-state index is 3.59. The molecule has 0 spiro atoms. The number of nitrogens with one attached hydrogen (secondary N) is 1. The normalized spacial score (nSPS) is 18.8. The SMILES string of the molecule is CC(C)CNCc1ccccc1N1CCCC(C)(C)CC1. The zero-order chi connectivity index (χ0) is 15.3. The number of anilines is 1. The highest BCUT2D eigenvalue weighted by Crippen LogP contribution is 2.32. The quantitative estimate of drug-likeness (QED) is 0.861. The summed E-state index contributed by atoms with van der Waals surface area (Å²) in [5.74, 6) is 0.705. The van der Waals surface area contributed by atoms with E-state index >= 15 is 0 Å². The minimum Gasteiger partial charge on any atom is -0.371 e. The summed E-state index contributed by atoms with van der Waals surface area (Å²) < 4.78 is 0. The maximum Gasteiger partial charge on any atom is 0.0411 e. The zero-order valence-electron chi connectivity index (χ0n) is 14.3. The molecule has 2 heteroatoms. The van der Waals surface area contributed by atoms with E-state index in [1.165, 1.54) is 43.6 Å². The molecule has 0 atom stereocenters. The van der Waals surface area contributed by atoms with Gasteiger partial charge in [0, 0.05) is 25.3 Å². The van der Waals surface area contributed by atoms with Crippen LogP contribution in [0.1, 0.15) is 52.5 Å². The smallest absolute Gasteiger partial charge is 0.0411 e. The Balaban J connectivity index is 2.05. The molecule has 1 N–H and O–H groups in total. The van der Waals surface area contributed by atoms with E-state index in [0.29, 0.717) is 11.3 Å². The molecule has 1 aromatic carbocycles. The predicted octanol–water partition coefficient (Wildman–Crippen LogP) is 4.45. The molecule has 1 fully saturated rings. The van der Waals surface area contributed by atoms with Crippen LogP contribution in [0.2, 0.25) is 0 Å². The molecular weight excluding hydrogens is 256 g/mol. The van der Waals surface area contributed by atoms with Crippen molar-refractivity contribution in [2.75, 3.05) is 24.5 Å². The molecule has 1 aromatic rings. The van der Waals surface area contributed by atoms with Crippen molar-refractivity contribution in [2.45, 2.75) is 53.5 Å². The Morgan fingerprint density at radius 2 is 1.90 bits per heavy atom. The minimum atomic E-state index is 0.500. The molecule has 1 heterocycles. The largest absolute Gasteiger partial charge is 0.371 e. The molecular formula is C19H32N2. The third kappa shape index (κ3) is 5.03. The Labute approximate surface area is 130 Å². The fourth-order valence-electron chi connectivity index (χ4n) is 3.13. The average Bonchev–Trinajstić information content (AvgIpc) is 2.60. The van der Waals surface area contributed by atoms with Crippen molar-refractivity contribution < 1.29 is 0 Å². The number of hydrogen-bond acceptors (Lipinski definition) is 2. The Morgan fingerprint density at radius 3 is 2.67 bits per heavy atom. The molecule has 1 saturated heterocycles. The molecule has 0 aromatic heterocycles. The van der Waals surface area contributed by atoms with Crippen LogP contribution in [0, 0.1) is 11.3 Å². The first-order valence-corrected chi connectivity index (χ1v) is 8.51. The van der Waals surface area contributed by atoms with Crippen molar-refractivity contribution in [1.82, 2.24) is 5.32 Å². The van der Waals surface area contributed by atoms with Gasteiger partial charge < -0.3 is 10.2 Å². The van der Waals surface area contributed by atoms with Gasteiger partial charge in [-0.3, -0.25) is 0 Å². The van der Waals surface area contributed by atoms with E-state index in [9.17, 15) is 0 Å². The van der Waals surface area contributed by atoms with Crippen LogP contribution >= 0.6 is 0 Å². The lowest BCUT2D eigenvalue weighted by Gasteiger charge is -2.27. The Hall–Kier alpha value is -1.02. The molecule has 1 aliphatic rings. The summed E-state index contributed by atoms with van der Waals surface area (Å²) in [6.45, 7) is 13.8. The second-order valence-electron chi connectivity index (χ2n) is 7.66. The third-order valence-electron chi connectivity index (χ3n) is 4.54. The number of nitrogens with zero attached hydrogens (tertiary/aromatic N) is 1. The summed E-state index contributed by atoms with van der Waals surface area (Å²) in [6, 6.07) is 8.92. The maximum absolute atomic E-state index is 3.59. The number of rotatable bonds is 5. The molecule has 21 heavy (non-hydrogen) atoms. The van der Waals surface area contributed by atoms with Crippen LogP contribution in [0.4, 0.5) is 5.69 Å². The Morgan fingerprint density at radius 1 is 1.14 bits per heavy atom. The van der Waals surface area contributed by atoms with E-state index in [-0.39, 0.29) is 0 Å². The van der Waals surface area contributed by atoms with Gasteiger partial charge in [-0.25, -0.2) is 0 Å². The molecule has 0 bridgehead atoms. The molecule has 0 radical (unpaired) electrons. The van der Waals surface area contributed by atoms with E-state index in [4.69, 9.17) is 0 Å². The van der Waals surface area contributed by atoms with Gasteiger partial charge >= 0.3 is 0 Å². The predicted molar refractivity (Wildman–Crippen MR) is 92.8 cm³/mol. The van der Waals surface area contributed by atoms with Crippen LogP contribution in [0.3, 0.4) is 0 Å². The van der Waals surface area contributed by atoms with Gasteiger partial charge in [-0.15, -0.1) is 0 Å². The van der Waals surface area contributed by atoms with E-state index in [1.54, 1.807) is 0 Å². The summed E-state index contributed by atoms with van der Waals surface area (Å²) in [7, 11) is 0. The van der Waals surface area contributed by atoms with Gasteiger partial charge in [0.15, 0.2) is 0 Å². The highest BCUT2D eigenvalue weighted by Gasteiger charge is 2.23. The summed E-state index contributed by atoms with van der Waals surface area (Å²) in [5, 5.41) is 3.59. The van der Waals surface area contributed by atoms with Crippen LogP contribution in [-0.4, -0.2) is 19.6 Å². The van der Waals surface area contributed by atoms with Crippen molar-refractivity contribution in [1.29, 1.82) is 0 Å². The van der Waals surface area contributed by atoms with Crippen molar-refractivity contribution in [2.24, 2.45) is 11.3 Å². The van der Waals surface area contributed by atoms with Gasteiger partial charge in [-0.2, -0.15) is 0 Å². The van der Waals surface area contributed by atoms with Crippen LogP contribution in [0.5, 0.6) is 0 Å². The van der Waals surface area contributed by atoms with Crippen LogP contribution < -0.4 is 10.2 Å². The van der Waals surface area contributed by atoms with Crippen molar-refractivity contribution >= 4 is 5.69 Å². The molecule has 1 aliphatic heterocycles. The van der Waals surface area contributed by atoms with Gasteiger partial charge in [0.2, 0.25) is 0 Å². The summed E-state index contributed by atoms with van der Waals surface area (Å²) >= 11 is 0. The summed E-state index contributed by atoms with van der Waals surface area (Å²) in [4.78, 5) is 2.60. The molecule has 0 saturated carbocycles. The van der Waals surface area contributed by atoms with Crippen molar-refractivity contribution in [3.8, 4) is 0 Å². The number of para-hydroxylation sites is 1. The first-order valence-electron chi connectivity index (χ1n) is 8.51. The fourth-order valence-corrected chi connectivity index (χ4v) is 3.13. The van der Waals surface area contributed by atoms with Gasteiger partial charge in [-0.05, 0) is 48.8 Å². The molecule has 0 amide bonds. The Bertz CT molecular complexity index is 437. The molecule has 0 aliphatic carbocycles. The van der Waals surface area contributed by atoms with E-state index < -0.39 is 0 Å². The average molecular weight is 288 g/mol. The second kappa shape index (κ2) is 7.31. The summed E-state index contributed by atoms with van der Waals surface area (Å²) in [5.41, 5.74) is 3.38. The first-order chi connectivity index (χ1) is 9.98. The van der Waals surface area contributed by atoms with Crippen molar-refractivity contribution in [3.05, 3.63) is 29.8 Å². The highest BCUT2D eigenvalue weighted by atomic mass is 15.1. The summed E-state index contributed by atoms with van der Waals surface area (Å²) in [6.07, 6.45) is 3.94. The van der Waals surface area contributed by atoms with Crippen LogP contribution in [-0.2, 0) is 6.54 Å². The van der Waals surface area contributed by atoms with Gasteiger partial charge in [0.25, 0.3) is 0 Å². The third-order valence-corrected chi connectivity index (χ3v) is 4.54. The Kier molecular flexibility index (Phi) is 5.69. The number of benzene rings is 1. The van der Waals surface area contributed by atoms with Gasteiger partial charge in [0.05, 0.1) is 0 Å². The first kappa shape index (κ1) is 16.4. The highest BCUT2D eigenvalue weighted by molar-refractivity contribution is 5.53. The number of hydrogen-bond donors (Lipinski definition) is 1. The lowest BCUT2D eigenvalue weighted by molar-refractivity contribution is 0.325. The lowest BCUT2D eigenvalue weighted by atomic mass is 9.85.